The molecule has 110 valence electrons. The molecule has 0 saturated carbocycles. The van der Waals surface area contributed by atoms with E-state index in [2.05, 4.69) is 5.10 Å². The summed E-state index contributed by atoms with van der Waals surface area (Å²) in [6.45, 7) is 6.05. The van der Waals surface area contributed by atoms with E-state index < -0.39 is 10.0 Å². The molecule has 0 aromatic carbocycles. The van der Waals surface area contributed by atoms with E-state index in [1.807, 2.05) is 13.8 Å². The maximum Gasteiger partial charge on any atom is 0.246 e. The van der Waals surface area contributed by atoms with E-state index in [1.165, 1.54) is 4.31 Å². The normalized spacial score (nSPS) is 12.6. The van der Waals surface area contributed by atoms with E-state index in [0.717, 1.165) is 0 Å². The third-order valence-electron chi connectivity index (χ3n) is 2.69. The summed E-state index contributed by atoms with van der Waals surface area (Å²) in [5.41, 5.74) is 0.489. The van der Waals surface area contributed by atoms with Crippen molar-refractivity contribution < 1.29 is 8.42 Å². The maximum absolute atomic E-state index is 12.5. The molecule has 8 heteroatoms. The maximum atomic E-state index is 12.5. The summed E-state index contributed by atoms with van der Waals surface area (Å²) in [7, 11) is -3.59. The van der Waals surface area contributed by atoms with Gasteiger partial charge in [-0.3, -0.25) is 4.68 Å². The molecule has 1 heterocycles. The molecule has 19 heavy (non-hydrogen) atoms. The summed E-state index contributed by atoms with van der Waals surface area (Å²) in [5.74, 6) is 0.459. The highest BCUT2D eigenvalue weighted by atomic mass is 35.5. The molecule has 0 fully saturated rings. The molecule has 0 N–H and O–H groups in total. The van der Waals surface area contributed by atoms with Crippen molar-refractivity contribution in [3.05, 3.63) is 11.9 Å². The minimum atomic E-state index is -3.59. The lowest BCUT2D eigenvalue weighted by atomic mass is 10.4. The van der Waals surface area contributed by atoms with E-state index in [-0.39, 0.29) is 35.8 Å². The molecule has 1 rings (SSSR count). The van der Waals surface area contributed by atoms with E-state index >= 15 is 0 Å². The van der Waals surface area contributed by atoms with E-state index in [9.17, 15) is 8.42 Å². The number of alkyl halides is 2. The molecule has 0 atom stereocenters. The second kappa shape index (κ2) is 6.92. The number of hydrogen-bond acceptors (Lipinski definition) is 3. The summed E-state index contributed by atoms with van der Waals surface area (Å²) in [6.07, 6.45) is 1.56. The van der Waals surface area contributed by atoms with Crippen molar-refractivity contribution in [2.24, 2.45) is 0 Å². The molecule has 1 aromatic heterocycles. The Kier molecular flexibility index (Phi) is 6.11. The van der Waals surface area contributed by atoms with Gasteiger partial charge >= 0.3 is 0 Å². The Labute approximate surface area is 124 Å². The van der Waals surface area contributed by atoms with Gasteiger partial charge in [-0.05, 0) is 20.8 Å². The van der Waals surface area contributed by atoms with Crippen molar-refractivity contribution in [2.75, 3.05) is 24.8 Å². The molecule has 0 spiro atoms. The van der Waals surface area contributed by atoms with Crippen LogP contribution in [-0.2, 0) is 10.0 Å². The molecule has 0 aliphatic heterocycles. The molecular weight excluding hydrogens is 309 g/mol. The minimum absolute atomic E-state index is 0.108. The zero-order valence-electron chi connectivity index (χ0n) is 11.3. The molecule has 1 aromatic rings. The van der Waals surface area contributed by atoms with Crippen molar-refractivity contribution in [1.29, 1.82) is 0 Å². The lowest BCUT2D eigenvalue weighted by Gasteiger charge is -2.19. The Morgan fingerprint density at radius 3 is 2.21 bits per heavy atom. The topological polar surface area (TPSA) is 55.2 Å². The van der Waals surface area contributed by atoms with Crippen LogP contribution >= 0.6 is 23.2 Å². The van der Waals surface area contributed by atoms with Crippen LogP contribution in [0.5, 0.6) is 0 Å². The van der Waals surface area contributed by atoms with Crippen LogP contribution in [0, 0.1) is 6.92 Å². The molecule has 0 saturated heterocycles. The average Bonchev–Trinajstić information content (AvgIpc) is 2.72. The fourth-order valence-corrected chi connectivity index (χ4v) is 3.87. The van der Waals surface area contributed by atoms with Gasteiger partial charge < -0.3 is 0 Å². The van der Waals surface area contributed by atoms with Gasteiger partial charge in [0.2, 0.25) is 10.0 Å². The van der Waals surface area contributed by atoms with Gasteiger partial charge in [-0.25, -0.2) is 8.42 Å². The predicted octanol–water partition coefficient (Wildman–Crippen LogP) is 2.24. The highest BCUT2D eigenvalue weighted by Gasteiger charge is 2.27. The smallest absolute Gasteiger partial charge is 0.246 e. The summed E-state index contributed by atoms with van der Waals surface area (Å²) < 4.78 is 28.0. The van der Waals surface area contributed by atoms with Crippen LogP contribution in [0.3, 0.4) is 0 Å². The van der Waals surface area contributed by atoms with Gasteiger partial charge in [0.05, 0.1) is 5.69 Å². The SMILES string of the molecule is Cc1nn(C(C)C)cc1S(=O)(=O)N(CCCl)CCCl. The van der Waals surface area contributed by atoms with Crippen LogP contribution < -0.4 is 0 Å². The zero-order chi connectivity index (χ0) is 14.6. The highest BCUT2D eigenvalue weighted by molar-refractivity contribution is 7.89. The molecule has 0 radical (unpaired) electrons. The number of aryl methyl sites for hydroxylation is 1. The van der Waals surface area contributed by atoms with Gasteiger partial charge in [0.15, 0.2) is 0 Å². The Hall–Kier alpha value is -0.300. The summed E-state index contributed by atoms with van der Waals surface area (Å²) in [4.78, 5) is 0.219. The van der Waals surface area contributed by atoms with Crippen LogP contribution in [0.2, 0.25) is 0 Å². The number of hydrogen-bond donors (Lipinski definition) is 0. The number of sulfonamides is 1. The standard InChI is InChI=1S/C11H19Cl2N3O2S/c1-9(2)16-8-11(10(3)14-16)19(17,18)15(6-4-12)7-5-13/h8-9H,4-7H2,1-3H3. The second-order valence-corrected chi connectivity index (χ2v) is 7.10. The van der Waals surface area contributed by atoms with E-state index in [1.54, 1.807) is 17.8 Å². The quantitative estimate of drug-likeness (QED) is 0.721. The van der Waals surface area contributed by atoms with Gasteiger partial charge in [0.25, 0.3) is 0 Å². The van der Waals surface area contributed by atoms with Crippen LogP contribution in [0.25, 0.3) is 0 Å². The molecule has 0 aliphatic rings. The van der Waals surface area contributed by atoms with Crippen molar-refractivity contribution in [3.8, 4) is 0 Å². The first-order valence-electron chi connectivity index (χ1n) is 6.02. The first-order chi connectivity index (χ1) is 8.84. The molecule has 0 aliphatic carbocycles. The van der Waals surface area contributed by atoms with Crippen LogP contribution in [-0.4, -0.2) is 47.4 Å². The van der Waals surface area contributed by atoms with Gasteiger partial charge in [-0.15, -0.1) is 23.2 Å². The highest BCUT2D eigenvalue weighted by Crippen LogP contribution is 2.20. The van der Waals surface area contributed by atoms with Crippen molar-refractivity contribution in [3.63, 3.8) is 0 Å². The average molecular weight is 328 g/mol. The van der Waals surface area contributed by atoms with Gasteiger partial charge in [-0.2, -0.15) is 9.40 Å². The predicted molar refractivity (Wildman–Crippen MR) is 77.5 cm³/mol. The minimum Gasteiger partial charge on any atom is -0.269 e. The molecule has 0 amide bonds. The van der Waals surface area contributed by atoms with Crippen LogP contribution in [0.15, 0.2) is 11.1 Å². The van der Waals surface area contributed by atoms with Crippen molar-refractivity contribution in [2.45, 2.75) is 31.7 Å². The molecule has 5 nitrogen and oxygen atoms in total. The summed E-state index contributed by atoms with van der Waals surface area (Å²) in [6, 6.07) is 0.108. The van der Waals surface area contributed by atoms with E-state index in [0.29, 0.717) is 5.69 Å². The molecule has 0 unspecified atom stereocenters. The van der Waals surface area contributed by atoms with Gasteiger partial charge in [-0.1, -0.05) is 0 Å². The van der Waals surface area contributed by atoms with E-state index in [4.69, 9.17) is 23.2 Å². The number of aromatic nitrogens is 2. The van der Waals surface area contributed by atoms with Crippen molar-refractivity contribution in [1.82, 2.24) is 14.1 Å². The second-order valence-electron chi connectivity index (χ2n) is 4.43. The van der Waals surface area contributed by atoms with Gasteiger partial charge in [0.1, 0.15) is 4.90 Å². The number of nitrogens with zero attached hydrogens (tertiary/aromatic N) is 3. The monoisotopic (exact) mass is 327 g/mol. The first kappa shape index (κ1) is 16.8. The fraction of sp³-hybridized carbons (Fsp3) is 0.727. The third-order valence-corrected chi connectivity index (χ3v) is 5.03. The zero-order valence-corrected chi connectivity index (χ0v) is 13.6. The first-order valence-corrected chi connectivity index (χ1v) is 8.53. The Morgan fingerprint density at radius 2 is 1.84 bits per heavy atom. The van der Waals surface area contributed by atoms with Gasteiger partial charge in [0, 0.05) is 37.1 Å². The molecular formula is C11H19Cl2N3O2S. The lowest BCUT2D eigenvalue weighted by Crippen LogP contribution is -2.34. The Bertz CT molecular complexity index is 508. The van der Waals surface area contributed by atoms with Crippen molar-refractivity contribution >= 4 is 33.2 Å². The van der Waals surface area contributed by atoms with Crippen LogP contribution in [0.4, 0.5) is 0 Å². The third kappa shape index (κ3) is 3.84. The number of rotatable bonds is 7. The largest absolute Gasteiger partial charge is 0.269 e. The summed E-state index contributed by atoms with van der Waals surface area (Å²) >= 11 is 11.3. The summed E-state index contributed by atoms with van der Waals surface area (Å²) in [5, 5.41) is 4.22. The lowest BCUT2D eigenvalue weighted by molar-refractivity contribution is 0.448. The Morgan fingerprint density at radius 1 is 1.32 bits per heavy atom. The number of halogens is 2. The fourth-order valence-electron chi connectivity index (χ4n) is 1.66. The molecule has 0 bridgehead atoms. The van der Waals surface area contributed by atoms with Crippen LogP contribution in [0.1, 0.15) is 25.6 Å². The Balaban J connectivity index is 3.17.